The minimum Gasteiger partial charge on any atom is -0.452 e. The fraction of sp³-hybridized carbons (Fsp3) is 0.105. The number of nitrogens with zero attached hydrogens (tertiary/aromatic N) is 1. The molecule has 0 bridgehead atoms. The Kier molecular flexibility index (Phi) is 5.67. The average Bonchev–Trinajstić information content (AvgIpc) is 3.17. The monoisotopic (exact) mass is 462 g/mol. The SMILES string of the molecule is Cc1cc(I)ccc1NC(=O)COC(=O)c1ccc(-c2cnco2)cc1. The molecule has 26 heavy (non-hydrogen) atoms. The highest BCUT2D eigenvalue weighted by atomic mass is 127. The normalized spacial score (nSPS) is 10.4. The summed E-state index contributed by atoms with van der Waals surface area (Å²) >= 11 is 2.20. The van der Waals surface area contributed by atoms with Crippen molar-refractivity contribution in [2.45, 2.75) is 6.92 Å². The lowest BCUT2D eigenvalue weighted by atomic mass is 10.1. The quantitative estimate of drug-likeness (QED) is 0.457. The number of oxazole rings is 1. The molecule has 132 valence electrons. The zero-order valence-electron chi connectivity index (χ0n) is 13.9. The number of carbonyl (C=O) groups is 2. The Morgan fingerprint density at radius 1 is 1.19 bits per heavy atom. The highest BCUT2D eigenvalue weighted by Crippen LogP contribution is 2.19. The summed E-state index contributed by atoms with van der Waals surface area (Å²) in [6.07, 6.45) is 2.93. The fourth-order valence-corrected chi connectivity index (χ4v) is 2.94. The van der Waals surface area contributed by atoms with Gasteiger partial charge in [-0.25, -0.2) is 9.78 Å². The Bertz CT molecular complexity index is 921. The standard InChI is InChI=1S/C19H15IN2O4/c1-12-8-15(20)6-7-16(12)22-18(23)10-25-19(24)14-4-2-13(3-5-14)17-9-21-11-26-17/h2-9,11H,10H2,1H3,(H,22,23). The third-order valence-corrected chi connectivity index (χ3v) is 4.31. The van der Waals surface area contributed by atoms with Gasteiger partial charge in [-0.1, -0.05) is 12.1 Å². The zero-order chi connectivity index (χ0) is 18.5. The van der Waals surface area contributed by atoms with Crippen molar-refractivity contribution < 1.29 is 18.7 Å². The van der Waals surface area contributed by atoms with E-state index in [0.29, 0.717) is 17.0 Å². The second-order valence-electron chi connectivity index (χ2n) is 5.53. The number of benzene rings is 2. The van der Waals surface area contributed by atoms with E-state index in [1.54, 1.807) is 30.5 Å². The van der Waals surface area contributed by atoms with Crippen molar-refractivity contribution in [3.8, 4) is 11.3 Å². The summed E-state index contributed by atoms with van der Waals surface area (Å²) in [5.74, 6) is -0.346. The Morgan fingerprint density at radius 2 is 1.96 bits per heavy atom. The number of carbonyl (C=O) groups excluding carboxylic acids is 2. The lowest BCUT2D eigenvalue weighted by Crippen LogP contribution is -2.21. The molecule has 0 saturated heterocycles. The maximum absolute atomic E-state index is 12.1. The van der Waals surface area contributed by atoms with Crippen LogP contribution in [0.25, 0.3) is 11.3 Å². The van der Waals surface area contributed by atoms with E-state index in [-0.39, 0.29) is 12.5 Å². The minimum atomic E-state index is -0.566. The van der Waals surface area contributed by atoms with Crippen molar-refractivity contribution in [1.82, 2.24) is 4.98 Å². The number of halogens is 1. The molecular weight excluding hydrogens is 447 g/mol. The van der Waals surface area contributed by atoms with Crippen LogP contribution >= 0.6 is 22.6 Å². The molecular formula is C19H15IN2O4. The lowest BCUT2D eigenvalue weighted by Gasteiger charge is -2.09. The highest BCUT2D eigenvalue weighted by Gasteiger charge is 2.12. The largest absolute Gasteiger partial charge is 0.452 e. The van der Waals surface area contributed by atoms with Gasteiger partial charge in [0.1, 0.15) is 0 Å². The first-order valence-electron chi connectivity index (χ1n) is 7.75. The fourth-order valence-electron chi connectivity index (χ4n) is 2.30. The van der Waals surface area contributed by atoms with Crippen molar-refractivity contribution in [2.75, 3.05) is 11.9 Å². The number of rotatable bonds is 5. The summed E-state index contributed by atoms with van der Waals surface area (Å²) in [5.41, 5.74) is 2.79. The summed E-state index contributed by atoms with van der Waals surface area (Å²) in [6, 6.07) is 12.4. The van der Waals surface area contributed by atoms with Gasteiger partial charge >= 0.3 is 5.97 Å². The van der Waals surface area contributed by atoms with Crippen LogP contribution in [0, 0.1) is 10.5 Å². The number of esters is 1. The van der Waals surface area contributed by atoms with E-state index in [1.807, 2.05) is 25.1 Å². The van der Waals surface area contributed by atoms with Crippen molar-refractivity contribution in [3.63, 3.8) is 0 Å². The molecule has 0 aliphatic carbocycles. The molecule has 1 N–H and O–H groups in total. The minimum absolute atomic E-state index is 0.353. The summed E-state index contributed by atoms with van der Waals surface area (Å²) in [7, 11) is 0. The number of hydrogen-bond donors (Lipinski definition) is 1. The molecule has 1 amide bonds. The predicted molar refractivity (Wildman–Crippen MR) is 105 cm³/mol. The number of aryl methyl sites for hydroxylation is 1. The van der Waals surface area contributed by atoms with E-state index in [2.05, 4.69) is 32.9 Å². The smallest absolute Gasteiger partial charge is 0.338 e. The van der Waals surface area contributed by atoms with Gasteiger partial charge in [0.05, 0.1) is 11.8 Å². The van der Waals surface area contributed by atoms with Crippen LogP contribution in [-0.2, 0) is 9.53 Å². The number of anilines is 1. The van der Waals surface area contributed by atoms with E-state index in [4.69, 9.17) is 9.15 Å². The summed E-state index contributed by atoms with van der Waals surface area (Å²) in [4.78, 5) is 27.9. The Morgan fingerprint density at radius 3 is 2.62 bits per heavy atom. The van der Waals surface area contributed by atoms with Crippen molar-refractivity contribution in [3.05, 3.63) is 69.8 Å². The van der Waals surface area contributed by atoms with Crippen LogP contribution in [-0.4, -0.2) is 23.5 Å². The maximum atomic E-state index is 12.1. The first-order valence-corrected chi connectivity index (χ1v) is 8.83. The molecule has 3 aromatic rings. The first-order chi connectivity index (χ1) is 12.5. The Balaban J connectivity index is 1.55. The van der Waals surface area contributed by atoms with Gasteiger partial charge in [0.25, 0.3) is 5.91 Å². The number of nitrogens with one attached hydrogen (secondary N) is 1. The summed E-state index contributed by atoms with van der Waals surface area (Å²) in [6.45, 7) is 1.55. The van der Waals surface area contributed by atoms with Crippen LogP contribution in [0.1, 0.15) is 15.9 Å². The van der Waals surface area contributed by atoms with Crippen LogP contribution in [0.5, 0.6) is 0 Å². The first kappa shape index (κ1) is 18.1. The van der Waals surface area contributed by atoms with Crippen LogP contribution < -0.4 is 5.32 Å². The van der Waals surface area contributed by atoms with Gasteiger partial charge in [0.15, 0.2) is 18.8 Å². The van der Waals surface area contributed by atoms with Gasteiger partial charge in [-0.3, -0.25) is 4.79 Å². The molecule has 0 unspecified atom stereocenters. The predicted octanol–water partition coefficient (Wildman–Crippen LogP) is 4.05. The number of hydrogen-bond acceptors (Lipinski definition) is 5. The summed E-state index contributed by atoms with van der Waals surface area (Å²) < 4.78 is 11.3. The molecule has 0 aliphatic heterocycles. The zero-order valence-corrected chi connectivity index (χ0v) is 16.0. The maximum Gasteiger partial charge on any atom is 0.338 e. The van der Waals surface area contributed by atoms with Gasteiger partial charge in [0.2, 0.25) is 0 Å². The molecule has 1 heterocycles. The van der Waals surface area contributed by atoms with Crippen molar-refractivity contribution in [1.29, 1.82) is 0 Å². The number of amides is 1. The third kappa shape index (κ3) is 4.48. The van der Waals surface area contributed by atoms with Crippen LogP contribution in [0.2, 0.25) is 0 Å². The van der Waals surface area contributed by atoms with Crippen molar-refractivity contribution >= 4 is 40.2 Å². The van der Waals surface area contributed by atoms with E-state index in [1.165, 1.54) is 6.39 Å². The van der Waals surface area contributed by atoms with E-state index >= 15 is 0 Å². The van der Waals surface area contributed by atoms with Gasteiger partial charge in [-0.15, -0.1) is 0 Å². The molecule has 0 aliphatic rings. The van der Waals surface area contributed by atoms with Gasteiger partial charge in [-0.05, 0) is 65.4 Å². The Labute approximate surface area is 163 Å². The molecule has 0 saturated carbocycles. The molecule has 1 aromatic heterocycles. The molecule has 0 radical (unpaired) electrons. The molecule has 0 atom stereocenters. The second-order valence-corrected chi connectivity index (χ2v) is 6.77. The second kappa shape index (κ2) is 8.13. The molecule has 0 spiro atoms. The molecule has 2 aromatic carbocycles. The van der Waals surface area contributed by atoms with Gasteiger partial charge in [-0.2, -0.15) is 0 Å². The topological polar surface area (TPSA) is 81.4 Å². The van der Waals surface area contributed by atoms with Crippen LogP contribution in [0.4, 0.5) is 5.69 Å². The lowest BCUT2D eigenvalue weighted by molar-refractivity contribution is -0.119. The number of ether oxygens (including phenoxy) is 1. The van der Waals surface area contributed by atoms with E-state index in [9.17, 15) is 9.59 Å². The van der Waals surface area contributed by atoms with Gasteiger partial charge < -0.3 is 14.5 Å². The molecule has 0 fully saturated rings. The van der Waals surface area contributed by atoms with Gasteiger partial charge in [0, 0.05) is 14.8 Å². The molecule has 6 nitrogen and oxygen atoms in total. The summed E-state index contributed by atoms with van der Waals surface area (Å²) in [5, 5.41) is 2.73. The van der Waals surface area contributed by atoms with Crippen molar-refractivity contribution in [2.24, 2.45) is 0 Å². The molecule has 7 heteroatoms. The highest BCUT2D eigenvalue weighted by molar-refractivity contribution is 14.1. The van der Waals surface area contributed by atoms with E-state index < -0.39 is 5.97 Å². The van der Waals surface area contributed by atoms with E-state index in [0.717, 1.165) is 14.7 Å². The molecule has 3 rings (SSSR count). The third-order valence-electron chi connectivity index (χ3n) is 3.63. The van der Waals surface area contributed by atoms with Crippen LogP contribution in [0.3, 0.4) is 0 Å². The Hall–Kier alpha value is -2.68. The number of aromatic nitrogens is 1. The average molecular weight is 462 g/mol. The van der Waals surface area contributed by atoms with Crippen LogP contribution in [0.15, 0.2) is 59.5 Å².